The molecule has 0 atom stereocenters. The van der Waals surface area contributed by atoms with Gasteiger partial charge in [-0.15, -0.1) is 0 Å². The van der Waals surface area contributed by atoms with Crippen LogP contribution in [0, 0.1) is 0 Å². The maximum absolute atomic E-state index is 4.77. The highest BCUT2D eigenvalue weighted by atomic mass is 16.6. The van der Waals surface area contributed by atoms with Gasteiger partial charge in [0.15, 0.2) is 11.6 Å². The van der Waals surface area contributed by atoms with E-state index in [1.165, 1.54) is 25.7 Å². The standard InChI is InChI=1S/C15H20N8O/c1-22-10-11(9-17-22)8-16-14-15(23-6-4-2-3-5-7-23)19-13-12(18-14)20-24-21-13/h9-10H,2-8H2,1H3,(H,16,18,20). The van der Waals surface area contributed by atoms with Crippen LogP contribution in [0.1, 0.15) is 31.2 Å². The van der Waals surface area contributed by atoms with Crippen LogP contribution in [-0.2, 0) is 13.6 Å². The van der Waals surface area contributed by atoms with E-state index in [0.717, 1.165) is 24.5 Å². The number of nitrogens with zero attached hydrogens (tertiary/aromatic N) is 7. The third-order valence-corrected chi connectivity index (χ3v) is 4.22. The maximum atomic E-state index is 4.77. The number of nitrogens with one attached hydrogen (secondary N) is 1. The van der Waals surface area contributed by atoms with Crippen LogP contribution in [0.2, 0.25) is 0 Å². The minimum Gasteiger partial charge on any atom is -0.363 e. The molecule has 0 radical (unpaired) electrons. The molecule has 0 saturated carbocycles. The molecule has 126 valence electrons. The second-order valence-corrected chi connectivity index (χ2v) is 6.08. The van der Waals surface area contributed by atoms with Gasteiger partial charge in [0, 0.05) is 38.4 Å². The van der Waals surface area contributed by atoms with Gasteiger partial charge in [0.25, 0.3) is 0 Å². The molecule has 1 fully saturated rings. The van der Waals surface area contributed by atoms with Gasteiger partial charge in [0.2, 0.25) is 11.3 Å². The molecule has 0 aliphatic carbocycles. The molecule has 1 aliphatic rings. The highest BCUT2D eigenvalue weighted by molar-refractivity contribution is 5.74. The zero-order chi connectivity index (χ0) is 16.4. The molecule has 0 bridgehead atoms. The minimum absolute atomic E-state index is 0.419. The summed E-state index contributed by atoms with van der Waals surface area (Å²) in [5, 5.41) is 15.2. The Bertz CT molecular complexity index is 818. The van der Waals surface area contributed by atoms with Crippen molar-refractivity contribution in [2.45, 2.75) is 32.2 Å². The fourth-order valence-electron chi connectivity index (χ4n) is 3.00. The van der Waals surface area contributed by atoms with Crippen LogP contribution < -0.4 is 10.2 Å². The van der Waals surface area contributed by atoms with E-state index in [4.69, 9.17) is 4.63 Å². The van der Waals surface area contributed by atoms with Crippen LogP contribution in [0.15, 0.2) is 17.0 Å². The van der Waals surface area contributed by atoms with Crippen molar-refractivity contribution in [1.82, 2.24) is 30.1 Å². The molecule has 3 aromatic heterocycles. The van der Waals surface area contributed by atoms with E-state index >= 15 is 0 Å². The van der Waals surface area contributed by atoms with E-state index in [9.17, 15) is 0 Å². The molecular formula is C15H20N8O. The lowest BCUT2D eigenvalue weighted by Gasteiger charge is -2.23. The summed E-state index contributed by atoms with van der Waals surface area (Å²) in [7, 11) is 1.90. The minimum atomic E-state index is 0.419. The predicted octanol–water partition coefficient (Wildman–Crippen LogP) is 1.74. The maximum Gasteiger partial charge on any atom is 0.245 e. The Balaban J connectivity index is 1.64. The van der Waals surface area contributed by atoms with E-state index in [1.54, 1.807) is 4.68 Å². The van der Waals surface area contributed by atoms with Crippen LogP contribution in [0.25, 0.3) is 11.3 Å². The quantitative estimate of drug-likeness (QED) is 0.773. The van der Waals surface area contributed by atoms with Crippen LogP contribution in [0.5, 0.6) is 0 Å². The Labute approximate surface area is 139 Å². The molecule has 4 rings (SSSR count). The van der Waals surface area contributed by atoms with E-state index in [-0.39, 0.29) is 0 Å². The average Bonchev–Trinajstić information content (AvgIpc) is 3.12. The smallest absolute Gasteiger partial charge is 0.245 e. The average molecular weight is 328 g/mol. The normalized spacial score (nSPS) is 15.6. The number of rotatable bonds is 4. The second-order valence-electron chi connectivity index (χ2n) is 6.08. The summed E-state index contributed by atoms with van der Waals surface area (Å²) < 4.78 is 6.55. The number of aromatic nitrogens is 6. The summed E-state index contributed by atoms with van der Waals surface area (Å²) in [5.41, 5.74) is 1.95. The van der Waals surface area contributed by atoms with Crippen LogP contribution >= 0.6 is 0 Å². The fraction of sp³-hybridized carbons (Fsp3) is 0.533. The first-order valence-electron chi connectivity index (χ1n) is 8.26. The Morgan fingerprint density at radius 3 is 2.54 bits per heavy atom. The first-order chi connectivity index (χ1) is 11.8. The summed E-state index contributed by atoms with van der Waals surface area (Å²) in [6.07, 6.45) is 8.66. The zero-order valence-electron chi connectivity index (χ0n) is 13.6. The lowest BCUT2D eigenvalue weighted by atomic mass is 10.2. The molecular weight excluding hydrogens is 308 g/mol. The molecule has 9 heteroatoms. The van der Waals surface area contributed by atoms with Gasteiger partial charge in [-0.25, -0.2) is 14.6 Å². The van der Waals surface area contributed by atoms with Crippen molar-refractivity contribution in [3.63, 3.8) is 0 Å². The molecule has 0 amide bonds. The lowest BCUT2D eigenvalue weighted by molar-refractivity contribution is 0.314. The Morgan fingerprint density at radius 1 is 1.08 bits per heavy atom. The summed E-state index contributed by atoms with van der Waals surface area (Å²) in [6, 6.07) is 0. The van der Waals surface area contributed by atoms with E-state index < -0.39 is 0 Å². The fourth-order valence-corrected chi connectivity index (χ4v) is 3.00. The SMILES string of the molecule is Cn1cc(CNc2nc3nonc3nc2N2CCCCCC2)cn1. The van der Waals surface area contributed by atoms with E-state index in [1.807, 2.05) is 19.4 Å². The van der Waals surface area contributed by atoms with Gasteiger partial charge in [-0.3, -0.25) is 4.68 Å². The van der Waals surface area contributed by atoms with E-state index in [2.05, 4.69) is 35.6 Å². The molecule has 0 spiro atoms. The summed E-state index contributed by atoms with van der Waals surface area (Å²) in [5.74, 6) is 1.54. The molecule has 9 nitrogen and oxygen atoms in total. The summed E-state index contributed by atoms with van der Waals surface area (Å²) in [4.78, 5) is 11.5. The van der Waals surface area contributed by atoms with Crippen molar-refractivity contribution in [3.05, 3.63) is 18.0 Å². The first-order valence-corrected chi connectivity index (χ1v) is 8.26. The molecule has 24 heavy (non-hydrogen) atoms. The van der Waals surface area contributed by atoms with Crippen LogP contribution in [-0.4, -0.2) is 43.2 Å². The van der Waals surface area contributed by atoms with Gasteiger partial charge in [0.1, 0.15) is 0 Å². The molecule has 0 unspecified atom stereocenters. The van der Waals surface area contributed by atoms with Gasteiger partial charge < -0.3 is 10.2 Å². The van der Waals surface area contributed by atoms with Crippen LogP contribution in [0.3, 0.4) is 0 Å². The predicted molar refractivity (Wildman–Crippen MR) is 88.6 cm³/mol. The Hall–Kier alpha value is -2.71. The molecule has 0 aromatic carbocycles. The molecule has 1 N–H and O–H groups in total. The largest absolute Gasteiger partial charge is 0.363 e. The topological polar surface area (TPSA) is 97.8 Å². The second kappa shape index (κ2) is 6.42. The van der Waals surface area contributed by atoms with Gasteiger partial charge in [-0.05, 0) is 23.2 Å². The summed E-state index contributed by atoms with van der Waals surface area (Å²) in [6.45, 7) is 2.58. The molecule has 3 aromatic rings. The summed E-state index contributed by atoms with van der Waals surface area (Å²) >= 11 is 0. The molecule has 4 heterocycles. The molecule has 1 saturated heterocycles. The highest BCUT2D eigenvalue weighted by Crippen LogP contribution is 2.26. The van der Waals surface area contributed by atoms with Crippen molar-refractivity contribution in [2.24, 2.45) is 7.05 Å². The van der Waals surface area contributed by atoms with Crippen molar-refractivity contribution < 1.29 is 4.63 Å². The van der Waals surface area contributed by atoms with Gasteiger partial charge >= 0.3 is 0 Å². The zero-order valence-corrected chi connectivity index (χ0v) is 13.6. The Morgan fingerprint density at radius 2 is 1.83 bits per heavy atom. The highest BCUT2D eigenvalue weighted by Gasteiger charge is 2.19. The van der Waals surface area contributed by atoms with Crippen molar-refractivity contribution in [3.8, 4) is 0 Å². The van der Waals surface area contributed by atoms with Gasteiger partial charge in [-0.2, -0.15) is 5.10 Å². The van der Waals surface area contributed by atoms with E-state index in [0.29, 0.717) is 23.7 Å². The van der Waals surface area contributed by atoms with Crippen molar-refractivity contribution in [1.29, 1.82) is 0 Å². The third-order valence-electron chi connectivity index (χ3n) is 4.22. The number of hydrogen-bond acceptors (Lipinski definition) is 8. The number of anilines is 2. The monoisotopic (exact) mass is 328 g/mol. The number of aryl methyl sites for hydroxylation is 1. The third kappa shape index (κ3) is 3.01. The first kappa shape index (κ1) is 14.9. The number of hydrogen-bond donors (Lipinski definition) is 1. The van der Waals surface area contributed by atoms with Gasteiger partial charge in [0.05, 0.1) is 6.20 Å². The van der Waals surface area contributed by atoms with Gasteiger partial charge in [-0.1, -0.05) is 12.8 Å². The van der Waals surface area contributed by atoms with Crippen molar-refractivity contribution >= 4 is 22.9 Å². The van der Waals surface area contributed by atoms with Crippen LogP contribution in [0.4, 0.5) is 11.6 Å². The Kier molecular flexibility index (Phi) is 3.97. The number of fused-ring (bicyclic) bond motifs is 1. The lowest BCUT2D eigenvalue weighted by Crippen LogP contribution is -2.26. The molecule has 1 aliphatic heterocycles. The van der Waals surface area contributed by atoms with Crippen molar-refractivity contribution in [2.75, 3.05) is 23.3 Å².